The van der Waals surface area contributed by atoms with Crippen molar-refractivity contribution in [3.63, 3.8) is 0 Å². The molecular weight excluding hydrogens is 272 g/mol. The topological polar surface area (TPSA) is 99.5 Å². The Bertz CT molecular complexity index is 643. The van der Waals surface area contributed by atoms with Crippen LogP contribution in [0.3, 0.4) is 0 Å². The summed E-state index contributed by atoms with van der Waals surface area (Å²) < 4.78 is 0. The minimum absolute atomic E-state index is 0.128. The van der Waals surface area contributed by atoms with E-state index in [1.165, 1.54) is 18.5 Å². The van der Waals surface area contributed by atoms with Gasteiger partial charge in [0.05, 0.1) is 24.2 Å². The molecule has 1 heterocycles. The first-order chi connectivity index (χ1) is 10.1. The van der Waals surface area contributed by atoms with E-state index in [0.29, 0.717) is 5.56 Å². The average molecular weight is 286 g/mol. The molecule has 108 valence electrons. The van der Waals surface area contributed by atoms with E-state index in [4.69, 9.17) is 5.11 Å². The van der Waals surface area contributed by atoms with Gasteiger partial charge in [0.15, 0.2) is 0 Å². The Morgan fingerprint density at radius 1 is 1.19 bits per heavy atom. The molecule has 1 amide bonds. The zero-order valence-corrected chi connectivity index (χ0v) is 11.1. The standard InChI is InChI=1S/C15H14N2O4/c18-12-6-11(8-16-9-12)15(21)17-13(7-14(19)20)10-4-2-1-3-5-10/h1-6,8-9,13,18H,7H2,(H,17,21)(H,19,20). The molecular formula is C15H14N2O4. The number of carboxylic acids is 1. The van der Waals surface area contributed by atoms with Crippen LogP contribution in [0.25, 0.3) is 0 Å². The van der Waals surface area contributed by atoms with Crippen LogP contribution in [0.15, 0.2) is 48.8 Å². The number of carbonyl (C=O) groups is 2. The fourth-order valence-electron chi connectivity index (χ4n) is 1.91. The number of aromatic nitrogens is 1. The van der Waals surface area contributed by atoms with Gasteiger partial charge in [-0.15, -0.1) is 0 Å². The normalized spacial score (nSPS) is 11.6. The molecule has 6 nitrogen and oxygen atoms in total. The second-order valence-corrected chi connectivity index (χ2v) is 4.47. The van der Waals surface area contributed by atoms with Gasteiger partial charge in [-0.1, -0.05) is 30.3 Å². The van der Waals surface area contributed by atoms with Crippen molar-refractivity contribution < 1.29 is 19.8 Å². The van der Waals surface area contributed by atoms with Gasteiger partial charge in [0.1, 0.15) is 5.75 Å². The van der Waals surface area contributed by atoms with Gasteiger partial charge < -0.3 is 15.5 Å². The van der Waals surface area contributed by atoms with Gasteiger partial charge in [-0.2, -0.15) is 0 Å². The molecule has 0 aliphatic rings. The van der Waals surface area contributed by atoms with E-state index in [0.717, 1.165) is 0 Å². The summed E-state index contributed by atoms with van der Waals surface area (Å²) in [5.41, 5.74) is 0.864. The summed E-state index contributed by atoms with van der Waals surface area (Å²) in [5, 5.41) is 20.9. The van der Waals surface area contributed by atoms with E-state index in [-0.39, 0.29) is 17.7 Å². The molecule has 1 aromatic heterocycles. The first-order valence-electron chi connectivity index (χ1n) is 6.28. The Balaban J connectivity index is 2.19. The predicted molar refractivity (Wildman–Crippen MR) is 74.8 cm³/mol. The number of aliphatic carboxylic acids is 1. The molecule has 1 unspecified atom stereocenters. The lowest BCUT2D eigenvalue weighted by atomic mass is 10.0. The number of benzene rings is 1. The Hall–Kier alpha value is -2.89. The summed E-state index contributed by atoms with van der Waals surface area (Å²) in [6.07, 6.45) is 2.28. The van der Waals surface area contributed by atoms with Crippen LogP contribution in [0.5, 0.6) is 5.75 Å². The van der Waals surface area contributed by atoms with Gasteiger partial charge in [-0.25, -0.2) is 0 Å². The van der Waals surface area contributed by atoms with Crippen molar-refractivity contribution in [1.29, 1.82) is 0 Å². The van der Waals surface area contributed by atoms with E-state index in [2.05, 4.69) is 10.3 Å². The van der Waals surface area contributed by atoms with Gasteiger partial charge in [0.25, 0.3) is 5.91 Å². The predicted octanol–water partition coefficient (Wildman–Crippen LogP) is 1.73. The molecule has 2 rings (SSSR count). The van der Waals surface area contributed by atoms with Crippen molar-refractivity contribution >= 4 is 11.9 Å². The molecule has 2 aromatic rings. The largest absolute Gasteiger partial charge is 0.506 e. The number of rotatable bonds is 5. The summed E-state index contributed by atoms with van der Waals surface area (Å²) in [6, 6.07) is 9.45. The maximum Gasteiger partial charge on any atom is 0.305 e. The van der Waals surface area contributed by atoms with E-state index >= 15 is 0 Å². The van der Waals surface area contributed by atoms with Gasteiger partial charge >= 0.3 is 5.97 Å². The maximum atomic E-state index is 12.1. The summed E-state index contributed by atoms with van der Waals surface area (Å²) in [6.45, 7) is 0. The molecule has 0 aliphatic heterocycles. The van der Waals surface area contributed by atoms with Gasteiger partial charge in [0, 0.05) is 6.20 Å². The molecule has 0 saturated heterocycles. The Morgan fingerprint density at radius 2 is 1.90 bits per heavy atom. The number of hydrogen-bond donors (Lipinski definition) is 3. The number of hydrogen-bond acceptors (Lipinski definition) is 4. The van der Waals surface area contributed by atoms with Gasteiger partial charge in [-0.05, 0) is 11.6 Å². The number of carboxylic acid groups (broad SMARTS) is 1. The molecule has 1 atom stereocenters. The van der Waals surface area contributed by atoms with Crippen LogP contribution in [0.4, 0.5) is 0 Å². The molecule has 0 bridgehead atoms. The third kappa shape index (κ3) is 4.04. The Labute approximate surface area is 121 Å². The van der Waals surface area contributed by atoms with E-state index in [1.54, 1.807) is 24.3 Å². The number of amides is 1. The fraction of sp³-hybridized carbons (Fsp3) is 0.133. The molecule has 21 heavy (non-hydrogen) atoms. The summed E-state index contributed by atoms with van der Waals surface area (Å²) in [4.78, 5) is 26.8. The minimum Gasteiger partial charge on any atom is -0.506 e. The van der Waals surface area contributed by atoms with E-state index < -0.39 is 17.9 Å². The van der Waals surface area contributed by atoms with Crippen molar-refractivity contribution in [3.8, 4) is 5.75 Å². The van der Waals surface area contributed by atoms with Crippen LogP contribution in [0.1, 0.15) is 28.4 Å². The Kier molecular flexibility index (Phi) is 4.50. The van der Waals surface area contributed by atoms with E-state index in [1.807, 2.05) is 6.07 Å². The zero-order valence-electron chi connectivity index (χ0n) is 11.1. The smallest absolute Gasteiger partial charge is 0.305 e. The van der Waals surface area contributed by atoms with Crippen molar-refractivity contribution in [2.24, 2.45) is 0 Å². The molecule has 0 radical (unpaired) electrons. The second-order valence-electron chi connectivity index (χ2n) is 4.47. The average Bonchev–Trinajstić information content (AvgIpc) is 2.47. The SMILES string of the molecule is O=C(O)CC(NC(=O)c1cncc(O)c1)c1ccccc1. The first-order valence-corrected chi connectivity index (χ1v) is 6.28. The lowest BCUT2D eigenvalue weighted by Gasteiger charge is -2.17. The van der Waals surface area contributed by atoms with Crippen molar-refractivity contribution in [2.75, 3.05) is 0 Å². The number of aromatic hydroxyl groups is 1. The Morgan fingerprint density at radius 3 is 2.52 bits per heavy atom. The third-order valence-electron chi connectivity index (χ3n) is 2.87. The van der Waals surface area contributed by atoms with Crippen LogP contribution >= 0.6 is 0 Å². The molecule has 0 saturated carbocycles. The third-order valence-corrected chi connectivity index (χ3v) is 2.87. The lowest BCUT2D eigenvalue weighted by molar-refractivity contribution is -0.137. The fourth-order valence-corrected chi connectivity index (χ4v) is 1.91. The van der Waals surface area contributed by atoms with E-state index in [9.17, 15) is 14.7 Å². The molecule has 0 spiro atoms. The number of nitrogens with one attached hydrogen (secondary N) is 1. The summed E-state index contributed by atoms with van der Waals surface area (Å²) in [5.74, 6) is -1.64. The van der Waals surface area contributed by atoms with Crippen LogP contribution in [0, 0.1) is 0 Å². The highest BCUT2D eigenvalue weighted by molar-refractivity contribution is 5.94. The van der Waals surface area contributed by atoms with Crippen LogP contribution in [-0.4, -0.2) is 27.1 Å². The van der Waals surface area contributed by atoms with Crippen molar-refractivity contribution in [1.82, 2.24) is 10.3 Å². The van der Waals surface area contributed by atoms with Gasteiger partial charge in [0.2, 0.25) is 0 Å². The second kappa shape index (κ2) is 6.51. The van der Waals surface area contributed by atoms with Crippen molar-refractivity contribution in [3.05, 3.63) is 59.9 Å². The molecule has 0 aliphatic carbocycles. The summed E-state index contributed by atoms with van der Waals surface area (Å²) >= 11 is 0. The van der Waals surface area contributed by atoms with Crippen LogP contribution in [-0.2, 0) is 4.79 Å². The minimum atomic E-state index is -1.02. The lowest BCUT2D eigenvalue weighted by Crippen LogP contribution is -2.30. The van der Waals surface area contributed by atoms with Crippen LogP contribution in [0.2, 0.25) is 0 Å². The van der Waals surface area contributed by atoms with Gasteiger partial charge in [-0.3, -0.25) is 14.6 Å². The maximum absolute atomic E-state index is 12.1. The summed E-state index contributed by atoms with van der Waals surface area (Å²) in [7, 11) is 0. The zero-order chi connectivity index (χ0) is 15.2. The molecule has 1 aromatic carbocycles. The first kappa shape index (κ1) is 14.5. The molecule has 0 fully saturated rings. The number of carbonyl (C=O) groups excluding carboxylic acids is 1. The molecule has 6 heteroatoms. The van der Waals surface area contributed by atoms with Crippen LogP contribution < -0.4 is 5.32 Å². The number of nitrogens with zero attached hydrogens (tertiary/aromatic N) is 1. The highest BCUT2D eigenvalue weighted by Crippen LogP contribution is 2.18. The molecule has 3 N–H and O–H groups in total. The highest BCUT2D eigenvalue weighted by Gasteiger charge is 2.19. The quantitative estimate of drug-likeness (QED) is 0.777. The monoisotopic (exact) mass is 286 g/mol. The van der Waals surface area contributed by atoms with Crippen molar-refractivity contribution in [2.45, 2.75) is 12.5 Å². The highest BCUT2D eigenvalue weighted by atomic mass is 16.4. The number of pyridine rings is 1.